The van der Waals surface area contributed by atoms with Gasteiger partial charge in [-0.2, -0.15) is 0 Å². The number of hydrogen-bond acceptors (Lipinski definition) is 1. The van der Waals surface area contributed by atoms with E-state index < -0.39 is 5.82 Å². The molecule has 0 aliphatic heterocycles. The summed E-state index contributed by atoms with van der Waals surface area (Å²) in [5.74, 6) is -0.134. The molecule has 1 atom stereocenters. The van der Waals surface area contributed by atoms with Crippen LogP contribution in [0.4, 0.5) is 4.39 Å². The molecule has 4 heteroatoms. The van der Waals surface area contributed by atoms with Crippen molar-refractivity contribution in [3.05, 3.63) is 35.1 Å². The molecule has 0 spiro atoms. The van der Waals surface area contributed by atoms with Crippen LogP contribution in [0.3, 0.4) is 0 Å². The van der Waals surface area contributed by atoms with Gasteiger partial charge in [-0.05, 0) is 43.4 Å². The van der Waals surface area contributed by atoms with E-state index in [-0.39, 0.29) is 11.5 Å². The molecule has 1 aromatic rings. The third-order valence-corrected chi connectivity index (χ3v) is 4.03. The molecule has 0 radical (unpaired) electrons. The van der Waals surface area contributed by atoms with Crippen LogP contribution in [0, 0.1) is 18.7 Å². The van der Waals surface area contributed by atoms with Crippen LogP contribution in [0.2, 0.25) is 0 Å². The van der Waals surface area contributed by atoms with Crippen molar-refractivity contribution in [1.29, 1.82) is 0 Å². The van der Waals surface area contributed by atoms with Crippen LogP contribution in [-0.4, -0.2) is 17.3 Å². The molecule has 1 aliphatic carbocycles. The van der Waals surface area contributed by atoms with E-state index in [4.69, 9.17) is 0 Å². The number of nitrogens with one attached hydrogen (secondary N) is 1. The number of aryl methyl sites for hydroxylation is 1. The quantitative estimate of drug-likeness (QED) is 0.851. The van der Waals surface area contributed by atoms with Crippen molar-refractivity contribution < 1.29 is 9.18 Å². The fourth-order valence-electron chi connectivity index (χ4n) is 1.71. The van der Waals surface area contributed by atoms with E-state index in [1.165, 1.54) is 25.0 Å². The zero-order chi connectivity index (χ0) is 12.4. The van der Waals surface area contributed by atoms with Crippen molar-refractivity contribution in [2.75, 3.05) is 6.54 Å². The molecular weight excluding hydrogens is 285 g/mol. The van der Waals surface area contributed by atoms with Crippen LogP contribution < -0.4 is 5.32 Å². The molecule has 1 saturated carbocycles. The molecule has 1 fully saturated rings. The lowest BCUT2D eigenvalue weighted by Crippen LogP contribution is -2.31. The van der Waals surface area contributed by atoms with Crippen LogP contribution >= 0.6 is 15.9 Å². The van der Waals surface area contributed by atoms with Gasteiger partial charge in [0, 0.05) is 11.4 Å². The summed E-state index contributed by atoms with van der Waals surface area (Å²) in [4.78, 5) is 12.1. The summed E-state index contributed by atoms with van der Waals surface area (Å²) in [7, 11) is 0. The number of benzene rings is 1. The van der Waals surface area contributed by atoms with Crippen molar-refractivity contribution in [2.24, 2.45) is 5.92 Å². The Kier molecular flexibility index (Phi) is 3.82. The topological polar surface area (TPSA) is 29.1 Å². The first kappa shape index (κ1) is 12.6. The van der Waals surface area contributed by atoms with Gasteiger partial charge in [0.25, 0.3) is 5.91 Å². The zero-order valence-electron chi connectivity index (χ0n) is 9.67. The third kappa shape index (κ3) is 3.28. The molecule has 1 N–H and O–H groups in total. The maximum atomic E-state index is 13.5. The van der Waals surface area contributed by atoms with E-state index in [0.717, 1.165) is 5.56 Å². The van der Waals surface area contributed by atoms with Gasteiger partial charge in [0.15, 0.2) is 0 Å². The third-order valence-electron chi connectivity index (χ3n) is 2.96. The predicted molar refractivity (Wildman–Crippen MR) is 68.9 cm³/mol. The van der Waals surface area contributed by atoms with Gasteiger partial charge in [-0.15, -0.1) is 0 Å². The zero-order valence-corrected chi connectivity index (χ0v) is 11.3. The number of amides is 1. The maximum Gasteiger partial charge on any atom is 0.254 e. The molecule has 17 heavy (non-hydrogen) atoms. The molecule has 2 nitrogen and oxygen atoms in total. The fraction of sp³-hybridized carbons (Fsp3) is 0.462. The Labute approximate surface area is 109 Å². The molecule has 0 heterocycles. The molecule has 0 aromatic heterocycles. The lowest BCUT2D eigenvalue weighted by Gasteiger charge is -2.10. The maximum absolute atomic E-state index is 13.5. The first-order chi connectivity index (χ1) is 8.08. The predicted octanol–water partition coefficient (Wildman–Crippen LogP) is 3.04. The minimum atomic E-state index is -0.458. The number of halogens is 2. The molecule has 2 rings (SSSR count). The summed E-state index contributed by atoms with van der Waals surface area (Å²) >= 11 is 3.53. The van der Waals surface area contributed by atoms with E-state index in [1.807, 2.05) is 0 Å². The van der Waals surface area contributed by atoms with Crippen molar-refractivity contribution in [3.8, 4) is 0 Å². The lowest BCUT2D eigenvalue weighted by molar-refractivity contribution is 0.0949. The Bertz CT molecular complexity index is 431. The summed E-state index contributed by atoms with van der Waals surface area (Å²) in [6.07, 6.45) is 2.43. The normalized spacial score (nSPS) is 16.6. The molecule has 0 bridgehead atoms. The molecule has 0 saturated heterocycles. The van der Waals surface area contributed by atoms with E-state index in [9.17, 15) is 9.18 Å². The molecule has 1 amide bonds. The van der Waals surface area contributed by atoms with Crippen LogP contribution in [-0.2, 0) is 0 Å². The summed E-state index contributed by atoms with van der Waals surface area (Å²) in [6.45, 7) is 2.35. The second kappa shape index (κ2) is 5.17. The summed E-state index contributed by atoms with van der Waals surface area (Å²) in [5.41, 5.74) is 0.932. The van der Waals surface area contributed by atoms with E-state index in [1.54, 1.807) is 13.0 Å². The Morgan fingerprint density at radius 2 is 2.29 bits per heavy atom. The smallest absolute Gasteiger partial charge is 0.254 e. The van der Waals surface area contributed by atoms with Crippen molar-refractivity contribution in [1.82, 2.24) is 5.32 Å². The highest BCUT2D eigenvalue weighted by atomic mass is 79.9. The monoisotopic (exact) mass is 299 g/mol. The highest BCUT2D eigenvalue weighted by Crippen LogP contribution is 2.36. The van der Waals surface area contributed by atoms with Gasteiger partial charge in [-0.25, -0.2) is 4.39 Å². The van der Waals surface area contributed by atoms with Crippen LogP contribution in [0.1, 0.15) is 28.8 Å². The summed E-state index contributed by atoms with van der Waals surface area (Å²) in [6, 6.07) is 4.65. The van der Waals surface area contributed by atoms with E-state index in [2.05, 4.69) is 21.2 Å². The number of carbonyl (C=O) groups is 1. The Balaban J connectivity index is 1.94. The van der Waals surface area contributed by atoms with Crippen LogP contribution in [0.25, 0.3) is 0 Å². The lowest BCUT2D eigenvalue weighted by atomic mass is 10.1. The minimum absolute atomic E-state index is 0.117. The van der Waals surface area contributed by atoms with Crippen LogP contribution in [0.15, 0.2) is 18.2 Å². The van der Waals surface area contributed by atoms with E-state index in [0.29, 0.717) is 17.3 Å². The Morgan fingerprint density at radius 3 is 2.88 bits per heavy atom. The summed E-state index contributed by atoms with van der Waals surface area (Å²) in [5, 5.41) is 2.75. The molecular formula is C13H15BrFNO. The first-order valence-electron chi connectivity index (χ1n) is 5.76. The highest BCUT2D eigenvalue weighted by Gasteiger charge is 2.29. The van der Waals surface area contributed by atoms with Crippen molar-refractivity contribution in [2.45, 2.75) is 24.6 Å². The highest BCUT2D eigenvalue weighted by molar-refractivity contribution is 9.09. The second-order valence-corrected chi connectivity index (χ2v) is 5.72. The first-order valence-corrected chi connectivity index (χ1v) is 6.68. The van der Waals surface area contributed by atoms with Gasteiger partial charge in [0.05, 0.1) is 5.56 Å². The molecule has 1 aromatic carbocycles. The van der Waals surface area contributed by atoms with Gasteiger partial charge < -0.3 is 5.32 Å². The van der Waals surface area contributed by atoms with Crippen molar-refractivity contribution in [3.63, 3.8) is 0 Å². The van der Waals surface area contributed by atoms with Crippen molar-refractivity contribution >= 4 is 21.8 Å². The summed E-state index contributed by atoms with van der Waals surface area (Å²) < 4.78 is 13.5. The Hall–Kier alpha value is -0.900. The Morgan fingerprint density at radius 1 is 1.59 bits per heavy atom. The van der Waals surface area contributed by atoms with E-state index >= 15 is 0 Å². The average molecular weight is 300 g/mol. The molecule has 92 valence electrons. The number of alkyl halides is 1. The van der Waals surface area contributed by atoms with Gasteiger partial charge >= 0.3 is 0 Å². The SMILES string of the molecule is Cc1ccc(C(=O)NCC(Br)C2CC2)c(F)c1. The minimum Gasteiger partial charge on any atom is -0.351 e. The van der Waals surface area contributed by atoms with Gasteiger partial charge in [-0.1, -0.05) is 22.0 Å². The molecule has 1 aliphatic rings. The van der Waals surface area contributed by atoms with Gasteiger partial charge in [-0.3, -0.25) is 4.79 Å². The van der Waals surface area contributed by atoms with Gasteiger partial charge in [0.2, 0.25) is 0 Å². The van der Waals surface area contributed by atoms with Crippen LogP contribution in [0.5, 0.6) is 0 Å². The fourth-order valence-corrected chi connectivity index (χ4v) is 2.40. The standard InChI is InChI=1S/C13H15BrFNO/c1-8-2-5-10(12(15)6-8)13(17)16-7-11(14)9-3-4-9/h2,5-6,9,11H,3-4,7H2,1H3,(H,16,17). The second-order valence-electron chi connectivity index (χ2n) is 4.55. The average Bonchev–Trinajstić information content (AvgIpc) is 3.09. The molecule has 1 unspecified atom stereocenters. The number of hydrogen-bond donors (Lipinski definition) is 1. The number of rotatable bonds is 4. The largest absolute Gasteiger partial charge is 0.351 e. The van der Waals surface area contributed by atoms with Gasteiger partial charge in [0.1, 0.15) is 5.82 Å². The number of carbonyl (C=O) groups excluding carboxylic acids is 1.